The maximum absolute atomic E-state index is 5.48. The highest BCUT2D eigenvalue weighted by Crippen LogP contribution is 2.13. The van der Waals surface area contributed by atoms with Crippen LogP contribution in [-0.4, -0.2) is 67.8 Å². The normalized spacial score (nSPS) is 17.0. The molecule has 2 rings (SSSR count). The Morgan fingerprint density at radius 3 is 2.65 bits per heavy atom. The van der Waals surface area contributed by atoms with Gasteiger partial charge in [0, 0.05) is 49.7 Å². The highest BCUT2D eigenvalue weighted by Gasteiger charge is 2.23. The van der Waals surface area contributed by atoms with E-state index >= 15 is 0 Å². The number of aryl methyl sites for hydroxylation is 1. The number of hydrogen-bond acceptors (Lipinski definition) is 5. The number of aromatic nitrogens is 1. The predicted molar refractivity (Wildman–Crippen MR) is 121 cm³/mol. The van der Waals surface area contributed by atoms with Crippen molar-refractivity contribution in [3.63, 3.8) is 0 Å². The summed E-state index contributed by atoms with van der Waals surface area (Å²) in [4.78, 5) is 13.0. The zero-order valence-corrected chi connectivity index (χ0v) is 19.6. The molecule has 0 bridgehead atoms. The quantitative estimate of drug-likeness (QED) is 0.330. The van der Waals surface area contributed by atoms with E-state index in [2.05, 4.69) is 48.2 Å². The molecule has 1 atom stereocenters. The predicted octanol–water partition coefficient (Wildman–Crippen LogP) is 2.52. The largest absolute Gasteiger partial charge is 0.379 e. The summed E-state index contributed by atoms with van der Waals surface area (Å²) in [6.45, 7) is 15.0. The molecule has 0 aromatic carbocycles. The number of thiazole rings is 1. The van der Waals surface area contributed by atoms with Crippen LogP contribution in [0.2, 0.25) is 0 Å². The Hall–Kier alpha value is -0.450. The van der Waals surface area contributed by atoms with Gasteiger partial charge >= 0.3 is 0 Å². The molecule has 26 heavy (non-hydrogen) atoms. The lowest BCUT2D eigenvalue weighted by Gasteiger charge is -2.36. The first-order valence-electron chi connectivity index (χ1n) is 9.35. The number of guanidine groups is 1. The summed E-state index contributed by atoms with van der Waals surface area (Å²) in [5.74, 6) is 1.47. The van der Waals surface area contributed by atoms with Crippen molar-refractivity contribution in [2.75, 3.05) is 45.9 Å². The first-order valence-corrected chi connectivity index (χ1v) is 10.2. The van der Waals surface area contributed by atoms with Crippen LogP contribution < -0.4 is 10.6 Å². The fraction of sp³-hybridized carbons (Fsp3) is 0.778. The topological polar surface area (TPSA) is 61.8 Å². The van der Waals surface area contributed by atoms with E-state index in [1.54, 1.807) is 11.3 Å². The number of morpholine rings is 1. The first-order chi connectivity index (χ1) is 12.1. The average molecular weight is 495 g/mol. The van der Waals surface area contributed by atoms with Crippen molar-refractivity contribution >= 4 is 41.3 Å². The van der Waals surface area contributed by atoms with Crippen molar-refractivity contribution in [1.29, 1.82) is 0 Å². The summed E-state index contributed by atoms with van der Waals surface area (Å²) in [5.41, 5.74) is 0. The van der Waals surface area contributed by atoms with Gasteiger partial charge in [-0.3, -0.25) is 9.89 Å². The molecule has 1 aliphatic rings. The number of nitrogens with zero attached hydrogens (tertiary/aromatic N) is 3. The highest BCUT2D eigenvalue weighted by molar-refractivity contribution is 14.0. The molecule has 2 heterocycles. The van der Waals surface area contributed by atoms with Gasteiger partial charge in [-0.1, -0.05) is 13.8 Å². The smallest absolute Gasteiger partial charge is 0.191 e. The third-order valence-electron chi connectivity index (χ3n) is 4.37. The Kier molecular flexibility index (Phi) is 11.7. The Balaban J connectivity index is 0.00000338. The number of rotatable bonds is 8. The number of ether oxygens (including phenoxy) is 1. The molecule has 2 N–H and O–H groups in total. The van der Waals surface area contributed by atoms with Crippen LogP contribution in [-0.2, 0) is 11.2 Å². The van der Waals surface area contributed by atoms with Crippen molar-refractivity contribution in [2.45, 2.75) is 40.2 Å². The second kappa shape index (κ2) is 12.9. The summed E-state index contributed by atoms with van der Waals surface area (Å²) < 4.78 is 5.48. The Morgan fingerprint density at radius 2 is 2.08 bits per heavy atom. The zero-order valence-electron chi connectivity index (χ0n) is 16.5. The molecule has 0 spiro atoms. The molecule has 1 aromatic heterocycles. The van der Waals surface area contributed by atoms with E-state index < -0.39 is 0 Å². The second-order valence-electron chi connectivity index (χ2n) is 6.72. The van der Waals surface area contributed by atoms with Crippen molar-refractivity contribution in [1.82, 2.24) is 20.5 Å². The molecule has 8 heteroatoms. The monoisotopic (exact) mass is 495 g/mol. The van der Waals surface area contributed by atoms with Gasteiger partial charge < -0.3 is 15.4 Å². The van der Waals surface area contributed by atoms with Gasteiger partial charge in [-0.2, -0.15) is 0 Å². The third-order valence-corrected chi connectivity index (χ3v) is 5.34. The van der Waals surface area contributed by atoms with Gasteiger partial charge in [-0.05, 0) is 19.8 Å². The van der Waals surface area contributed by atoms with Crippen LogP contribution in [0.15, 0.2) is 11.2 Å². The molecule has 1 fully saturated rings. The third kappa shape index (κ3) is 8.06. The van der Waals surface area contributed by atoms with Crippen LogP contribution in [0, 0.1) is 12.8 Å². The van der Waals surface area contributed by atoms with E-state index in [9.17, 15) is 0 Å². The van der Waals surface area contributed by atoms with Crippen LogP contribution in [0.25, 0.3) is 0 Å². The number of nitrogens with one attached hydrogen (secondary N) is 2. The number of halogens is 1. The number of aliphatic imine (C=N–C) groups is 1. The molecule has 1 unspecified atom stereocenters. The second-order valence-corrected chi connectivity index (χ2v) is 8.04. The van der Waals surface area contributed by atoms with Crippen LogP contribution in [0.1, 0.15) is 30.7 Å². The van der Waals surface area contributed by atoms with E-state index in [0.29, 0.717) is 12.0 Å². The molecule has 1 aliphatic heterocycles. The van der Waals surface area contributed by atoms with Gasteiger partial charge in [-0.15, -0.1) is 35.3 Å². The molecule has 0 radical (unpaired) electrons. The minimum atomic E-state index is 0. The van der Waals surface area contributed by atoms with Crippen LogP contribution in [0.5, 0.6) is 0 Å². The fourth-order valence-corrected chi connectivity index (χ4v) is 3.78. The van der Waals surface area contributed by atoms with Gasteiger partial charge in [0.25, 0.3) is 0 Å². The van der Waals surface area contributed by atoms with E-state index in [1.165, 1.54) is 9.88 Å². The van der Waals surface area contributed by atoms with Gasteiger partial charge in [0.05, 0.1) is 24.8 Å². The minimum absolute atomic E-state index is 0. The lowest BCUT2D eigenvalue weighted by molar-refractivity contribution is 0.00867. The van der Waals surface area contributed by atoms with Gasteiger partial charge in [0.2, 0.25) is 0 Å². The van der Waals surface area contributed by atoms with Crippen LogP contribution in [0.3, 0.4) is 0 Å². The zero-order chi connectivity index (χ0) is 18.1. The molecular formula is C18H34IN5OS. The van der Waals surface area contributed by atoms with E-state index in [0.717, 1.165) is 58.3 Å². The number of hydrogen-bond donors (Lipinski definition) is 2. The van der Waals surface area contributed by atoms with Gasteiger partial charge in [0.1, 0.15) is 0 Å². The van der Waals surface area contributed by atoms with Crippen molar-refractivity contribution < 1.29 is 4.74 Å². The van der Waals surface area contributed by atoms with Gasteiger partial charge in [0.15, 0.2) is 5.96 Å². The van der Waals surface area contributed by atoms with E-state index in [-0.39, 0.29) is 24.0 Å². The average Bonchev–Trinajstić information content (AvgIpc) is 3.01. The first kappa shape index (κ1) is 23.6. The van der Waals surface area contributed by atoms with Crippen LogP contribution >= 0.6 is 35.3 Å². The Morgan fingerprint density at radius 1 is 1.35 bits per heavy atom. The molecule has 0 aliphatic carbocycles. The maximum atomic E-state index is 5.48. The molecule has 1 saturated heterocycles. The minimum Gasteiger partial charge on any atom is -0.379 e. The molecule has 1 aromatic rings. The lowest BCUT2D eigenvalue weighted by Crippen LogP contribution is -2.48. The van der Waals surface area contributed by atoms with Crippen LogP contribution in [0.4, 0.5) is 0 Å². The standard InChI is InChI=1S/C18H33N5OS.HI/c1-5-19-18(20-7-6-17-21-12-15(4)25-17)22-13-16(14(2)3)23-8-10-24-11-9-23;/h12,14,16H,5-11,13H2,1-4H3,(H2,19,20,22);1H. The van der Waals surface area contributed by atoms with Crippen molar-refractivity contribution in [3.05, 3.63) is 16.1 Å². The molecule has 0 saturated carbocycles. The summed E-state index contributed by atoms with van der Waals surface area (Å²) in [5, 5.41) is 7.96. The molecular weight excluding hydrogens is 461 g/mol. The summed E-state index contributed by atoms with van der Waals surface area (Å²) >= 11 is 1.76. The lowest BCUT2D eigenvalue weighted by atomic mass is 10.0. The molecule has 6 nitrogen and oxygen atoms in total. The molecule has 0 amide bonds. The highest BCUT2D eigenvalue weighted by atomic mass is 127. The summed E-state index contributed by atoms with van der Waals surface area (Å²) in [6.07, 6.45) is 2.87. The summed E-state index contributed by atoms with van der Waals surface area (Å²) in [7, 11) is 0. The summed E-state index contributed by atoms with van der Waals surface area (Å²) in [6, 6.07) is 0.459. The maximum Gasteiger partial charge on any atom is 0.191 e. The Bertz CT molecular complexity index is 531. The van der Waals surface area contributed by atoms with Crippen molar-refractivity contribution in [2.24, 2.45) is 10.9 Å². The van der Waals surface area contributed by atoms with Gasteiger partial charge in [-0.25, -0.2) is 4.98 Å². The Labute approximate surface area is 179 Å². The SMILES string of the molecule is CCNC(=NCC(C(C)C)N1CCOCC1)NCCc1ncc(C)s1.I. The molecule has 150 valence electrons. The van der Waals surface area contributed by atoms with Crippen molar-refractivity contribution in [3.8, 4) is 0 Å². The fourth-order valence-electron chi connectivity index (χ4n) is 2.99. The van der Waals surface area contributed by atoms with E-state index in [4.69, 9.17) is 9.73 Å². The van der Waals surface area contributed by atoms with E-state index in [1.807, 2.05) is 6.20 Å².